The van der Waals surface area contributed by atoms with Crippen molar-refractivity contribution in [1.29, 1.82) is 0 Å². The van der Waals surface area contributed by atoms with Gasteiger partial charge in [-0.1, -0.05) is 6.07 Å². The summed E-state index contributed by atoms with van der Waals surface area (Å²) in [7, 11) is 0. The molecule has 2 aliphatic heterocycles. The van der Waals surface area contributed by atoms with Gasteiger partial charge < -0.3 is 15.0 Å². The van der Waals surface area contributed by atoms with E-state index in [2.05, 4.69) is 20.5 Å². The van der Waals surface area contributed by atoms with Gasteiger partial charge in [-0.25, -0.2) is 4.98 Å². The topological polar surface area (TPSA) is 100 Å². The minimum absolute atomic E-state index is 0.00919. The number of hydrogen-bond donors (Lipinski definition) is 2. The lowest BCUT2D eigenvalue weighted by molar-refractivity contribution is -0.128. The number of nitrogens with one attached hydrogen (secondary N) is 2. The molecular weight excluding hydrogens is 366 g/mol. The molecule has 0 unspecified atom stereocenters. The number of nitrogens with zero attached hydrogens (tertiary/aromatic N) is 3. The minimum Gasteiger partial charge on any atom is -0.381 e. The standard InChI is InChI=1S/C18H23N5O3S/c1-11-19-16(22-21-11)13-9-23(18(25)15-3-2-8-27-15)10-14(13)20-17(24)12-4-6-26-7-5-12/h2-3,8,12-14H,4-7,9-10H2,1H3,(H,20,24)(H,19,21,22)/t13-,14-/m1/s1. The molecule has 2 aromatic heterocycles. The van der Waals surface area contributed by atoms with Crippen LogP contribution in [0, 0.1) is 12.8 Å². The number of thiophene rings is 1. The van der Waals surface area contributed by atoms with Gasteiger partial charge in [0.2, 0.25) is 5.91 Å². The van der Waals surface area contributed by atoms with Crippen molar-refractivity contribution in [1.82, 2.24) is 25.4 Å². The molecule has 0 saturated carbocycles. The van der Waals surface area contributed by atoms with Crippen LogP contribution >= 0.6 is 11.3 Å². The molecule has 2 N–H and O–H groups in total. The Balaban J connectivity index is 1.51. The van der Waals surface area contributed by atoms with Crippen LogP contribution in [0.5, 0.6) is 0 Å². The zero-order valence-corrected chi connectivity index (χ0v) is 16.0. The highest BCUT2D eigenvalue weighted by atomic mass is 32.1. The summed E-state index contributed by atoms with van der Waals surface area (Å²) in [6.45, 7) is 4.04. The molecule has 9 heteroatoms. The van der Waals surface area contributed by atoms with Crippen LogP contribution in [0.25, 0.3) is 0 Å². The predicted octanol–water partition coefficient (Wildman–Crippen LogP) is 1.33. The molecule has 2 fully saturated rings. The number of aromatic amines is 1. The van der Waals surface area contributed by atoms with Gasteiger partial charge in [0, 0.05) is 32.2 Å². The van der Waals surface area contributed by atoms with Gasteiger partial charge in [0.25, 0.3) is 5.91 Å². The number of likely N-dealkylation sites (tertiary alicyclic amines) is 1. The first kappa shape index (κ1) is 18.1. The Bertz CT molecular complexity index is 800. The van der Waals surface area contributed by atoms with Crippen molar-refractivity contribution in [3.63, 3.8) is 0 Å². The summed E-state index contributed by atoms with van der Waals surface area (Å²) in [5.74, 6) is 1.24. The van der Waals surface area contributed by atoms with Crippen molar-refractivity contribution < 1.29 is 14.3 Å². The zero-order chi connectivity index (χ0) is 18.8. The molecule has 0 bridgehead atoms. The summed E-state index contributed by atoms with van der Waals surface area (Å²) < 4.78 is 5.35. The number of carbonyl (C=O) groups is 2. The van der Waals surface area contributed by atoms with Gasteiger partial charge in [-0.05, 0) is 31.2 Å². The van der Waals surface area contributed by atoms with Crippen LogP contribution in [0.3, 0.4) is 0 Å². The third kappa shape index (κ3) is 3.89. The number of aromatic nitrogens is 3. The Morgan fingerprint density at radius 2 is 2.15 bits per heavy atom. The van der Waals surface area contributed by atoms with E-state index in [-0.39, 0.29) is 29.7 Å². The van der Waals surface area contributed by atoms with Crippen LogP contribution < -0.4 is 5.32 Å². The van der Waals surface area contributed by atoms with Crippen LogP contribution in [0.15, 0.2) is 17.5 Å². The number of aryl methyl sites for hydroxylation is 1. The van der Waals surface area contributed by atoms with Gasteiger partial charge in [-0.3, -0.25) is 14.7 Å². The highest BCUT2D eigenvalue weighted by molar-refractivity contribution is 7.12. The van der Waals surface area contributed by atoms with E-state index >= 15 is 0 Å². The van der Waals surface area contributed by atoms with E-state index in [0.717, 1.165) is 18.7 Å². The zero-order valence-electron chi connectivity index (χ0n) is 15.2. The van der Waals surface area contributed by atoms with Crippen molar-refractivity contribution >= 4 is 23.2 Å². The molecule has 0 radical (unpaired) electrons. The molecule has 4 rings (SSSR count). The van der Waals surface area contributed by atoms with Crippen molar-refractivity contribution in [3.05, 3.63) is 34.0 Å². The van der Waals surface area contributed by atoms with E-state index in [0.29, 0.717) is 37.0 Å². The highest BCUT2D eigenvalue weighted by Crippen LogP contribution is 2.28. The SMILES string of the molecule is Cc1nc([C@@H]2CN(C(=O)c3cccs3)C[C@H]2NC(=O)C2CCOCC2)n[nH]1. The average Bonchev–Trinajstić information content (AvgIpc) is 3.42. The van der Waals surface area contributed by atoms with Gasteiger partial charge in [0.15, 0.2) is 5.82 Å². The lowest BCUT2D eigenvalue weighted by atomic mass is 9.97. The largest absolute Gasteiger partial charge is 0.381 e. The number of carbonyl (C=O) groups excluding carboxylic acids is 2. The predicted molar refractivity (Wildman–Crippen MR) is 99.6 cm³/mol. The molecule has 2 aromatic rings. The normalized spacial score (nSPS) is 23.5. The fourth-order valence-electron chi connectivity index (χ4n) is 3.72. The van der Waals surface area contributed by atoms with Gasteiger partial charge >= 0.3 is 0 Å². The summed E-state index contributed by atoms with van der Waals surface area (Å²) in [6, 6.07) is 3.50. The van der Waals surface area contributed by atoms with E-state index in [1.807, 2.05) is 24.4 Å². The fraction of sp³-hybridized carbons (Fsp3) is 0.556. The van der Waals surface area contributed by atoms with Crippen LogP contribution in [0.2, 0.25) is 0 Å². The van der Waals surface area contributed by atoms with Crippen LogP contribution in [0.4, 0.5) is 0 Å². The molecule has 0 aliphatic carbocycles. The summed E-state index contributed by atoms with van der Waals surface area (Å²) >= 11 is 1.43. The number of H-pyrrole nitrogens is 1. The lowest BCUT2D eigenvalue weighted by Crippen LogP contribution is -2.44. The second-order valence-electron chi connectivity index (χ2n) is 7.07. The molecule has 2 aliphatic rings. The van der Waals surface area contributed by atoms with Gasteiger partial charge in [-0.2, -0.15) is 5.10 Å². The lowest BCUT2D eigenvalue weighted by Gasteiger charge is -2.24. The number of hydrogen-bond acceptors (Lipinski definition) is 6. The number of rotatable bonds is 4. The molecule has 0 aromatic carbocycles. The molecule has 2 atom stereocenters. The Hall–Kier alpha value is -2.26. The van der Waals surface area contributed by atoms with Crippen molar-refractivity contribution in [2.24, 2.45) is 5.92 Å². The maximum absolute atomic E-state index is 12.8. The Morgan fingerprint density at radius 1 is 1.33 bits per heavy atom. The molecule has 27 heavy (non-hydrogen) atoms. The summed E-state index contributed by atoms with van der Waals surface area (Å²) in [5, 5.41) is 12.2. The van der Waals surface area contributed by atoms with E-state index < -0.39 is 0 Å². The van der Waals surface area contributed by atoms with E-state index in [1.165, 1.54) is 11.3 Å². The van der Waals surface area contributed by atoms with E-state index in [9.17, 15) is 9.59 Å². The van der Waals surface area contributed by atoms with Crippen LogP contribution in [-0.2, 0) is 9.53 Å². The molecule has 2 amide bonds. The maximum atomic E-state index is 12.8. The van der Waals surface area contributed by atoms with Crippen molar-refractivity contribution in [3.8, 4) is 0 Å². The smallest absolute Gasteiger partial charge is 0.264 e. The fourth-order valence-corrected chi connectivity index (χ4v) is 4.41. The monoisotopic (exact) mass is 389 g/mol. The van der Waals surface area contributed by atoms with Crippen LogP contribution in [0.1, 0.15) is 40.1 Å². The van der Waals surface area contributed by atoms with Gasteiger partial charge in [0.1, 0.15) is 5.82 Å². The second-order valence-corrected chi connectivity index (χ2v) is 8.02. The van der Waals surface area contributed by atoms with Crippen molar-refractivity contribution in [2.75, 3.05) is 26.3 Å². The van der Waals surface area contributed by atoms with Crippen LogP contribution in [-0.4, -0.2) is 64.2 Å². The summed E-state index contributed by atoms with van der Waals surface area (Å²) in [6.07, 6.45) is 1.47. The first-order valence-corrected chi connectivity index (χ1v) is 10.1. The first-order chi connectivity index (χ1) is 13.1. The quantitative estimate of drug-likeness (QED) is 0.822. The van der Waals surface area contributed by atoms with E-state index in [4.69, 9.17) is 4.74 Å². The third-order valence-corrected chi connectivity index (χ3v) is 6.06. The number of ether oxygens (including phenoxy) is 1. The van der Waals surface area contributed by atoms with Crippen molar-refractivity contribution in [2.45, 2.75) is 31.7 Å². The maximum Gasteiger partial charge on any atom is 0.264 e. The van der Waals surface area contributed by atoms with E-state index in [1.54, 1.807) is 4.90 Å². The minimum atomic E-state index is -0.195. The molecule has 2 saturated heterocycles. The Morgan fingerprint density at radius 3 is 2.81 bits per heavy atom. The molecule has 8 nitrogen and oxygen atoms in total. The second kappa shape index (κ2) is 7.77. The molecular formula is C18H23N5O3S. The van der Waals surface area contributed by atoms with Gasteiger partial charge in [0.05, 0.1) is 16.8 Å². The third-order valence-electron chi connectivity index (χ3n) is 5.20. The Kier molecular flexibility index (Phi) is 5.22. The summed E-state index contributed by atoms with van der Waals surface area (Å²) in [5.41, 5.74) is 0. The average molecular weight is 389 g/mol. The molecule has 0 spiro atoms. The van der Waals surface area contributed by atoms with Gasteiger partial charge in [-0.15, -0.1) is 11.3 Å². The molecule has 4 heterocycles. The summed E-state index contributed by atoms with van der Waals surface area (Å²) in [4.78, 5) is 32.4. The number of amides is 2. The Labute approximate surface area is 161 Å². The first-order valence-electron chi connectivity index (χ1n) is 9.21. The highest BCUT2D eigenvalue weighted by Gasteiger charge is 2.40. The molecule has 144 valence electrons.